The Hall–Kier alpha value is -1.06. The van der Waals surface area contributed by atoms with E-state index < -0.39 is 6.43 Å². The van der Waals surface area contributed by atoms with Crippen molar-refractivity contribution in [2.75, 3.05) is 0 Å². The van der Waals surface area contributed by atoms with Gasteiger partial charge in [0.05, 0.1) is 0 Å². The monoisotopic (exact) mass is 183 g/mol. The fraction of sp³-hybridized carbons (Fsp3) is 0.556. The number of alkyl halides is 2. The minimum Gasteiger partial charge on any atom is -0.241 e. The van der Waals surface area contributed by atoms with Crippen LogP contribution in [-0.4, -0.2) is 9.97 Å². The molecule has 0 amide bonds. The van der Waals surface area contributed by atoms with Gasteiger partial charge in [0.15, 0.2) is 0 Å². The van der Waals surface area contributed by atoms with Crippen molar-refractivity contribution in [2.24, 2.45) is 5.92 Å². The minimum atomic E-state index is -2.54. The molecule has 2 rings (SSSR count). The number of hydrogen-bond donors (Lipinski definition) is 0. The number of rotatable bonds is 3. The lowest BCUT2D eigenvalue weighted by Gasteiger charge is -2.00. The Labute approximate surface area is 75.0 Å². The van der Waals surface area contributed by atoms with E-state index in [0.29, 0.717) is 11.7 Å². The van der Waals surface area contributed by atoms with E-state index in [4.69, 9.17) is 0 Å². The molecule has 0 N–H and O–H groups in total. The molecule has 1 aliphatic carbocycles. The summed E-state index contributed by atoms with van der Waals surface area (Å²) in [5.74, 6) is 1.14. The molecule has 1 saturated carbocycles. The Morgan fingerprint density at radius 3 is 2.92 bits per heavy atom. The molecule has 1 fully saturated rings. The van der Waals surface area contributed by atoms with E-state index in [1.54, 1.807) is 0 Å². The fourth-order valence-electron chi connectivity index (χ4n) is 1.16. The van der Waals surface area contributed by atoms with Gasteiger partial charge in [0.2, 0.25) is 0 Å². The highest BCUT2D eigenvalue weighted by Gasteiger charge is 2.23. The smallest absolute Gasteiger partial charge is 0.241 e. The number of nitrogens with zero attached hydrogens (tertiary/aromatic N) is 2. The second-order valence-electron chi connectivity index (χ2n) is 3.26. The maximum Gasteiger partial charge on any atom is 0.281 e. The second kappa shape index (κ2) is 3.36. The van der Waals surface area contributed by atoms with Crippen LogP contribution in [0.2, 0.25) is 0 Å². The molecular formula is C9H9F2N2. The zero-order valence-corrected chi connectivity index (χ0v) is 7.00. The predicted octanol–water partition coefficient (Wildman–Crippen LogP) is 2.17. The van der Waals surface area contributed by atoms with Crippen molar-refractivity contribution in [3.8, 4) is 0 Å². The van der Waals surface area contributed by atoms with Gasteiger partial charge in [-0.1, -0.05) is 0 Å². The molecule has 0 spiro atoms. The third kappa shape index (κ3) is 2.20. The van der Waals surface area contributed by atoms with Gasteiger partial charge in [0, 0.05) is 18.7 Å². The van der Waals surface area contributed by atoms with Gasteiger partial charge in [0.25, 0.3) is 6.43 Å². The summed E-state index contributed by atoms with van der Waals surface area (Å²) >= 11 is 0. The Morgan fingerprint density at radius 1 is 1.54 bits per heavy atom. The number of halogens is 2. The van der Waals surface area contributed by atoms with Gasteiger partial charge < -0.3 is 0 Å². The summed E-state index contributed by atoms with van der Waals surface area (Å²) in [6.45, 7) is 0. The molecule has 13 heavy (non-hydrogen) atoms. The molecule has 1 aromatic rings. The molecule has 69 valence electrons. The van der Waals surface area contributed by atoms with E-state index in [1.807, 2.05) is 0 Å². The van der Waals surface area contributed by atoms with Crippen molar-refractivity contribution in [3.63, 3.8) is 0 Å². The molecule has 4 heteroatoms. The maximum absolute atomic E-state index is 12.2. The van der Waals surface area contributed by atoms with Crippen molar-refractivity contribution >= 4 is 0 Å². The molecule has 0 aromatic carbocycles. The van der Waals surface area contributed by atoms with Crippen LogP contribution in [0.4, 0.5) is 8.78 Å². The minimum absolute atomic E-state index is 0.286. The van der Waals surface area contributed by atoms with Gasteiger partial charge in [-0.15, -0.1) is 0 Å². The first-order chi connectivity index (χ1) is 6.25. The van der Waals surface area contributed by atoms with Crippen LogP contribution in [0, 0.1) is 12.0 Å². The summed E-state index contributed by atoms with van der Waals surface area (Å²) in [6.07, 6.45) is 1.82. The average molecular weight is 183 g/mol. The zero-order chi connectivity index (χ0) is 9.26. The van der Waals surface area contributed by atoms with Gasteiger partial charge in [-0.2, -0.15) is 0 Å². The van der Waals surface area contributed by atoms with Crippen LogP contribution in [0.5, 0.6) is 0 Å². The normalized spacial score (nSPS) is 16.5. The lowest BCUT2D eigenvalue weighted by atomic mass is 10.3. The Bertz CT molecular complexity index is 297. The lowest BCUT2D eigenvalue weighted by Crippen LogP contribution is -2.00. The van der Waals surface area contributed by atoms with Crippen LogP contribution in [0.3, 0.4) is 0 Å². The van der Waals surface area contributed by atoms with Crippen LogP contribution in [0.15, 0.2) is 6.20 Å². The average Bonchev–Trinajstić information content (AvgIpc) is 2.89. The molecule has 0 aliphatic heterocycles. The van der Waals surface area contributed by atoms with Crippen molar-refractivity contribution in [3.05, 3.63) is 23.8 Å². The molecular weight excluding hydrogens is 174 g/mol. The molecule has 0 unspecified atom stereocenters. The predicted molar refractivity (Wildman–Crippen MR) is 42.3 cm³/mol. The molecule has 2 nitrogen and oxygen atoms in total. The lowest BCUT2D eigenvalue weighted by molar-refractivity contribution is 0.145. The summed E-state index contributed by atoms with van der Waals surface area (Å²) in [7, 11) is 0. The quantitative estimate of drug-likeness (QED) is 0.717. The standard InChI is InChI=1S/C9H9F2N2/c10-9(11)7-3-4-12-8(13-7)5-6-1-2-6/h4,6,9H,1-2,5H2. The molecule has 0 atom stereocenters. The van der Waals surface area contributed by atoms with Crippen LogP contribution >= 0.6 is 0 Å². The van der Waals surface area contributed by atoms with Gasteiger partial charge >= 0.3 is 0 Å². The largest absolute Gasteiger partial charge is 0.281 e. The van der Waals surface area contributed by atoms with Gasteiger partial charge in [0.1, 0.15) is 11.5 Å². The Morgan fingerprint density at radius 2 is 2.31 bits per heavy atom. The van der Waals surface area contributed by atoms with E-state index in [2.05, 4.69) is 16.0 Å². The van der Waals surface area contributed by atoms with E-state index >= 15 is 0 Å². The van der Waals surface area contributed by atoms with Crippen LogP contribution < -0.4 is 0 Å². The van der Waals surface area contributed by atoms with Crippen molar-refractivity contribution < 1.29 is 8.78 Å². The number of hydrogen-bond acceptors (Lipinski definition) is 2. The van der Waals surface area contributed by atoms with Crippen molar-refractivity contribution in [1.82, 2.24) is 9.97 Å². The highest BCUT2D eigenvalue weighted by atomic mass is 19.3. The van der Waals surface area contributed by atoms with Crippen molar-refractivity contribution in [1.29, 1.82) is 0 Å². The second-order valence-corrected chi connectivity index (χ2v) is 3.26. The fourth-order valence-corrected chi connectivity index (χ4v) is 1.16. The van der Waals surface area contributed by atoms with Gasteiger partial charge in [-0.05, 0) is 18.8 Å². The highest BCUT2D eigenvalue weighted by molar-refractivity contribution is 5.03. The maximum atomic E-state index is 12.2. The molecule has 1 radical (unpaired) electrons. The van der Waals surface area contributed by atoms with Crippen LogP contribution in [0.25, 0.3) is 0 Å². The molecule has 1 aromatic heterocycles. The highest BCUT2D eigenvalue weighted by Crippen LogP contribution is 2.31. The first kappa shape index (κ1) is 8.53. The number of aromatic nitrogens is 2. The third-order valence-corrected chi connectivity index (χ3v) is 2.05. The van der Waals surface area contributed by atoms with Gasteiger partial charge in [-0.25, -0.2) is 18.7 Å². The molecule has 1 heterocycles. The summed E-state index contributed by atoms with van der Waals surface area (Å²) in [5.41, 5.74) is -0.286. The van der Waals surface area contributed by atoms with E-state index in [0.717, 1.165) is 6.42 Å². The molecule has 0 bridgehead atoms. The Kier molecular flexibility index (Phi) is 2.20. The Balaban J connectivity index is 2.11. The summed E-state index contributed by atoms with van der Waals surface area (Å²) in [4.78, 5) is 7.64. The van der Waals surface area contributed by atoms with E-state index in [-0.39, 0.29) is 5.69 Å². The first-order valence-electron chi connectivity index (χ1n) is 4.27. The SMILES string of the molecule is FC(F)c1[c]cnc(CC2CC2)n1. The summed E-state index contributed by atoms with van der Waals surface area (Å²) < 4.78 is 24.4. The first-order valence-corrected chi connectivity index (χ1v) is 4.27. The summed E-state index contributed by atoms with van der Waals surface area (Å²) in [5, 5.41) is 0. The summed E-state index contributed by atoms with van der Waals surface area (Å²) in [6, 6.07) is 2.33. The third-order valence-electron chi connectivity index (χ3n) is 2.05. The van der Waals surface area contributed by atoms with Crippen molar-refractivity contribution in [2.45, 2.75) is 25.7 Å². The van der Waals surface area contributed by atoms with E-state index in [9.17, 15) is 8.78 Å². The molecule has 1 aliphatic rings. The van der Waals surface area contributed by atoms with Crippen LogP contribution in [-0.2, 0) is 6.42 Å². The zero-order valence-electron chi connectivity index (χ0n) is 7.00. The van der Waals surface area contributed by atoms with Crippen LogP contribution in [0.1, 0.15) is 30.8 Å². The van der Waals surface area contributed by atoms with E-state index in [1.165, 1.54) is 19.0 Å². The molecule has 0 saturated heterocycles. The van der Waals surface area contributed by atoms with Gasteiger partial charge in [-0.3, -0.25) is 0 Å². The topological polar surface area (TPSA) is 25.8 Å².